The Kier molecular flexibility index (Phi) is 2.65. The van der Waals surface area contributed by atoms with E-state index in [4.69, 9.17) is 9.52 Å². The van der Waals surface area contributed by atoms with Gasteiger partial charge in [-0.25, -0.2) is 13.8 Å². The molecule has 0 unspecified atom stereocenters. The van der Waals surface area contributed by atoms with Crippen LogP contribution in [0.5, 0.6) is 0 Å². The predicted molar refractivity (Wildman–Crippen MR) is 49.2 cm³/mol. The molecule has 0 amide bonds. The lowest BCUT2D eigenvalue weighted by Crippen LogP contribution is -2.34. The second kappa shape index (κ2) is 3.84. The first-order valence-electron chi connectivity index (χ1n) is 4.98. The zero-order valence-electron chi connectivity index (χ0n) is 8.40. The fourth-order valence-corrected chi connectivity index (χ4v) is 2.14. The molecule has 2 atom stereocenters. The molecule has 0 radical (unpaired) electrons. The number of oxazole rings is 1. The molecule has 1 aliphatic rings. The molecule has 1 aliphatic carbocycles. The molecule has 2 rings (SSSR count). The molecule has 1 aromatic heterocycles. The Labute approximate surface area is 90.3 Å². The molecule has 0 saturated heterocycles. The van der Waals surface area contributed by atoms with Crippen molar-refractivity contribution in [2.45, 2.75) is 31.1 Å². The largest absolute Gasteiger partial charge is 0.481 e. The van der Waals surface area contributed by atoms with Crippen LogP contribution < -0.4 is 0 Å². The van der Waals surface area contributed by atoms with Gasteiger partial charge in [0.05, 0.1) is 12.1 Å². The number of halogens is 2. The SMILES string of the molecule is O=C(O)[C@@H]1CCC(F)(F)C[C@H]1c1cnco1. The summed E-state index contributed by atoms with van der Waals surface area (Å²) in [6.45, 7) is 0. The number of nitrogens with zero attached hydrogens (tertiary/aromatic N) is 1. The molecule has 0 aromatic carbocycles. The molecule has 0 aliphatic heterocycles. The first kappa shape index (κ1) is 11.0. The number of carboxylic acids is 1. The minimum atomic E-state index is -2.82. The van der Waals surface area contributed by atoms with Crippen LogP contribution >= 0.6 is 0 Å². The molecule has 1 fully saturated rings. The first-order chi connectivity index (χ1) is 7.49. The number of carboxylic acid groups (broad SMARTS) is 1. The predicted octanol–water partition coefficient (Wildman–Crippen LogP) is 2.28. The van der Waals surface area contributed by atoms with Gasteiger partial charge in [-0.05, 0) is 6.42 Å². The van der Waals surface area contributed by atoms with Crippen LogP contribution in [0, 0.1) is 5.92 Å². The van der Waals surface area contributed by atoms with Crippen LogP contribution in [0.1, 0.15) is 30.9 Å². The van der Waals surface area contributed by atoms with Crippen LogP contribution in [0.2, 0.25) is 0 Å². The molecule has 0 bridgehead atoms. The van der Waals surface area contributed by atoms with Crippen LogP contribution in [0.25, 0.3) is 0 Å². The van der Waals surface area contributed by atoms with E-state index >= 15 is 0 Å². The normalized spacial score (nSPS) is 28.9. The molecule has 1 saturated carbocycles. The van der Waals surface area contributed by atoms with E-state index in [0.29, 0.717) is 0 Å². The van der Waals surface area contributed by atoms with Crippen molar-refractivity contribution in [3.8, 4) is 0 Å². The van der Waals surface area contributed by atoms with E-state index in [-0.39, 0.29) is 18.6 Å². The van der Waals surface area contributed by atoms with E-state index in [9.17, 15) is 13.6 Å². The van der Waals surface area contributed by atoms with E-state index in [2.05, 4.69) is 4.98 Å². The van der Waals surface area contributed by atoms with Crippen molar-refractivity contribution in [3.63, 3.8) is 0 Å². The number of alkyl halides is 2. The van der Waals surface area contributed by atoms with Crippen LogP contribution in [0.15, 0.2) is 17.0 Å². The summed E-state index contributed by atoms with van der Waals surface area (Å²) in [5, 5.41) is 8.97. The van der Waals surface area contributed by atoms with Crippen molar-refractivity contribution in [3.05, 3.63) is 18.4 Å². The quantitative estimate of drug-likeness (QED) is 0.848. The summed E-state index contributed by atoms with van der Waals surface area (Å²) < 4.78 is 31.4. The summed E-state index contributed by atoms with van der Waals surface area (Å²) in [5.74, 6) is -5.25. The van der Waals surface area contributed by atoms with Crippen LogP contribution in [-0.4, -0.2) is 22.0 Å². The van der Waals surface area contributed by atoms with Crippen molar-refractivity contribution in [1.29, 1.82) is 0 Å². The number of aliphatic carboxylic acids is 1. The second-order valence-corrected chi connectivity index (χ2v) is 4.05. The summed E-state index contributed by atoms with van der Waals surface area (Å²) in [6, 6.07) is 0. The highest BCUT2D eigenvalue weighted by Gasteiger charge is 2.46. The number of hydrogen-bond acceptors (Lipinski definition) is 3. The Morgan fingerprint density at radius 1 is 1.62 bits per heavy atom. The molecule has 16 heavy (non-hydrogen) atoms. The van der Waals surface area contributed by atoms with Crippen molar-refractivity contribution in [2.75, 3.05) is 0 Å². The minimum absolute atomic E-state index is 0.0340. The smallest absolute Gasteiger partial charge is 0.307 e. The van der Waals surface area contributed by atoms with Crippen LogP contribution in [0.4, 0.5) is 8.78 Å². The van der Waals surface area contributed by atoms with Crippen molar-refractivity contribution >= 4 is 5.97 Å². The van der Waals surface area contributed by atoms with Gasteiger partial charge < -0.3 is 9.52 Å². The fourth-order valence-electron chi connectivity index (χ4n) is 2.14. The zero-order valence-corrected chi connectivity index (χ0v) is 8.40. The van der Waals surface area contributed by atoms with E-state index < -0.39 is 30.1 Å². The molecule has 1 aromatic rings. The van der Waals surface area contributed by atoms with Gasteiger partial charge in [0.25, 0.3) is 0 Å². The third-order valence-electron chi connectivity index (χ3n) is 2.96. The number of carbonyl (C=O) groups is 1. The number of rotatable bonds is 2. The van der Waals surface area contributed by atoms with Gasteiger partial charge >= 0.3 is 5.97 Å². The maximum Gasteiger partial charge on any atom is 0.307 e. The molecular weight excluding hydrogens is 220 g/mol. The van der Waals surface area contributed by atoms with E-state index in [1.165, 1.54) is 6.20 Å². The molecule has 0 spiro atoms. The molecule has 1 N–H and O–H groups in total. The standard InChI is InChI=1S/C10H11F2NO3/c11-10(12)2-1-6(9(14)15)7(3-10)8-4-13-5-16-8/h4-7H,1-3H2,(H,14,15)/t6-,7-/m1/s1. The highest BCUT2D eigenvalue weighted by atomic mass is 19.3. The van der Waals surface area contributed by atoms with Gasteiger partial charge in [-0.2, -0.15) is 0 Å². The summed E-state index contributed by atoms with van der Waals surface area (Å²) in [4.78, 5) is 14.6. The van der Waals surface area contributed by atoms with Crippen molar-refractivity contribution < 1.29 is 23.1 Å². The second-order valence-electron chi connectivity index (χ2n) is 4.05. The fraction of sp³-hybridized carbons (Fsp3) is 0.600. The van der Waals surface area contributed by atoms with Gasteiger partial charge in [0, 0.05) is 18.8 Å². The lowest BCUT2D eigenvalue weighted by Gasteiger charge is -2.32. The highest BCUT2D eigenvalue weighted by molar-refractivity contribution is 5.71. The van der Waals surface area contributed by atoms with E-state index in [1.54, 1.807) is 0 Å². The average Bonchev–Trinajstić information content (AvgIpc) is 2.68. The summed E-state index contributed by atoms with van der Waals surface area (Å²) in [6.07, 6.45) is 1.53. The van der Waals surface area contributed by atoms with Gasteiger partial charge in [0.1, 0.15) is 5.76 Å². The first-order valence-corrected chi connectivity index (χ1v) is 4.98. The number of hydrogen-bond donors (Lipinski definition) is 1. The van der Waals surface area contributed by atoms with Gasteiger partial charge in [-0.1, -0.05) is 0 Å². The maximum atomic E-state index is 13.2. The van der Waals surface area contributed by atoms with Crippen molar-refractivity contribution in [1.82, 2.24) is 4.98 Å². The molecule has 6 heteroatoms. The molecule has 4 nitrogen and oxygen atoms in total. The topological polar surface area (TPSA) is 63.3 Å². The molecular formula is C10H11F2NO3. The molecule has 88 valence electrons. The van der Waals surface area contributed by atoms with Gasteiger partial charge in [0.15, 0.2) is 6.39 Å². The average molecular weight is 231 g/mol. The van der Waals surface area contributed by atoms with Gasteiger partial charge in [-0.3, -0.25) is 4.79 Å². The lowest BCUT2D eigenvalue weighted by molar-refractivity contribution is -0.147. The van der Waals surface area contributed by atoms with E-state index in [0.717, 1.165) is 6.39 Å². The summed E-state index contributed by atoms with van der Waals surface area (Å²) >= 11 is 0. The summed E-state index contributed by atoms with van der Waals surface area (Å²) in [7, 11) is 0. The monoisotopic (exact) mass is 231 g/mol. The van der Waals surface area contributed by atoms with Gasteiger partial charge in [0.2, 0.25) is 5.92 Å². The summed E-state index contributed by atoms with van der Waals surface area (Å²) in [5.41, 5.74) is 0. The van der Waals surface area contributed by atoms with Gasteiger partial charge in [-0.15, -0.1) is 0 Å². The van der Waals surface area contributed by atoms with E-state index in [1.807, 2.05) is 0 Å². The third-order valence-corrected chi connectivity index (χ3v) is 2.96. The highest BCUT2D eigenvalue weighted by Crippen LogP contribution is 2.45. The lowest BCUT2D eigenvalue weighted by atomic mass is 9.76. The number of aromatic nitrogens is 1. The minimum Gasteiger partial charge on any atom is -0.481 e. The Morgan fingerprint density at radius 2 is 2.38 bits per heavy atom. The zero-order chi connectivity index (χ0) is 11.8. The Balaban J connectivity index is 2.25. The Bertz CT molecular complexity index is 377. The van der Waals surface area contributed by atoms with Crippen LogP contribution in [-0.2, 0) is 4.79 Å². The van der Waals surface area contributed by atoms with Crippen LogP contribution in [0.3, 0.4) is 0 Å². The molecule has 1 heterocycles. The maximum absolute atomic E-state index is 13.2. The van der Waals surface area contributed by atoms with Crippen molar-refractivity contribution in [2.24, 2.45) is 5.92 Å². The Hall–Kier alpha value is -1.46. The Morgan fingerprint density at radius 3 is 2.94 bits per heavy atom. The third kappa shape index (κ3) is 2.05.